The molecule has 1 aliphatic heterocycles. The number of urea groups is 1. The lowest BCUT2D eigenvalue weighted by Gasteiger charge is -2.24. The zero-order valence-corrected chi connectivity index (χ0v) is 16.6. The summed E-state index contributed by atoms with van der Waals surface area (Å²) in [7, 11) is 1.98. The maximum absolute atomic E-state index is 12.8. The molecule has 4 rings (SSSR count). The van der Waals surface area contributed by atoms with E-state index in [1.807, 2.05) is 65.0 Å². The molecule has 7 heteroatoms. The van der Waals surface area contributed by atoms with Crippen molar-refractivity contribution in [1.82, 2.24) is 19.7 Å². The van der Waals surface area contributed by atoms with Crippen molar-refractivity contribution in [3.8, 4) is 0 Å². The number of nitrogens with one attached hydrogen (secondary N) is 1. The van der Waals surface area contributed by atoms with Gasteiger partial charge in [-0.1, -0.05) is 60.3 Å². The fourth-order valence-corrected chi connectivity index (χ4v) is 4.33. The molecular weight excluding hydrogens is 370 g/mol. The lowest BCUT2D eigenvalue weighted by Crippen LogP contribution is -2.35. The number of carbonyl (C=O) groups is 1. The summed E-state index contributed by atoms with van der Waals surface area (Å²) in [5, 5.41) is 12.6. The number of hydrogen-bond donors (Lipinski definition) is 1. The SMILES string of the molecule is Cn1c(SCc2ccccc2)nnc1[C@@H]1CCCN1C(=O)Nc1ccccc1. The number of benzene rings is 2. The zero-order valence-electron chi connectivity index (χ0n) is 15.8. The quantitative estimate of drug-likeness (QED) is 0.650. The summed E-state index contributed by atoms with van der Waals surface area (Å²) >= 11 is 1.66. The second-order valence-corrected chi connectivity index (χ2v) is 7.76. The van der Waals surface area contributed by atoms with Crippen LogP contribution in [0, 0.1) is 0 Å². The van der Waals surface area contributed by atoms with Crippen LogP contribution in [0.25, 0.3) is 0 Å². The molecule has 1 aliphatic rings. The van der Waals surface area contributed by atoms with Crippen molar-refractivity contribution in [3.63, 3.8) is 0 Å². The monoisotopic (exact) mass is 393 g/mol. The fraction of sp³-hybridized carbons (Fsp3) is 0.286. The predicted octanol–water partition coefficient (Wildman–Crippen LogP) is 4.48. The Kier molecular flexibility index (Phi) is 5.62. The second-order valence-electron chi connectivity index (χ2n) is 6.82. The van der Waals surface area contributed by atoms with Gasteiger partial charge in [-0.25, -0.2) is 4.79 Å². The summed E-state index contributed by atoms with van der Waals surface area (Å²) in [5.41, 5.74) is 2.05. The van der Waals surface area contributed by atoms with Gasteiger partial charge in [-0.2, -0.15) is 0 Å². The first-order chi connectivity index (χ1) is 13.7. The maximum Gasteiger partial charge on any atom is 0.322 e. The van der Waals surface area contributed by atoms with Gasteiger partial charge in [-0.15, -0.1) is 10.2 Å². The van der Waals surface area contributed by atoms with Crippen LogP contribution in [0.15, 0.2) is 65.8 Å². The standard InChI is InChI=1S/C21H23N5OS/c1-25-19(23-24-21(25)28-15-16-9-4-2-5-10-16)18-13-8-14-26(18)20(27)22-17-11-6-3-7-12-17/h2-7,9-12,18H,8,13-15H2,1H3,(H,22,27)/t18-/m0/s1. The number of rotatable bonds is 5. The summed E-state index contributed by atoms with van der Waals surface area (Å²) < 4.78 is 2.02. The highest BCUT2D eigenvalue weighted by Crippen LogP contribution is 2.33. The number of para-hydroxylation sites is 1. The molecule has 2 aromatic carbocycles. The molecule has 0 saturated carbocycles. The van der Waals surface area contributed by atoms with E-state index in [0.29, 0.717) is 0 Å². The van der Waals surface area contributed by atoms with Crippen molar-refractivity contribution in [1.29, 1.82) is 0 Å². The minimum Gasteiger partial charge on any atom is -0.314 e. The first-order valence-corrected chi connectivity index (χ1v) is 10.4. The van der Waals surface area contributed by atoms with E-state index in [1.165, 1.54) is 5.56 Å². The minimum absolute atomic E-state index is 0.0488. The van der Waals surface area contributed by atoms with Gasteiger partial charge in [0.05, 0.1) is 6.04 Å². The van der Waals surface area contributed by atoms with Gasteiger partial charge < -0.3 is 14.8 Å². The van der Waals surface area contributed by atoms with E-state index in [-0.39, 0.29) is 12.1 Å². The van der Waals surface area contributed by atoms with E-state index in [0.717, 1.165) is 41.8 Å². The van der Waals surface area contributed by atoms with E-state index in [1.54, 1.807) is 11.8 Å². The average molecular weight is 394 g/mol. The summed E-state index contributed by atoms with van der Waals surface area (Å²) in [4.78, 5) is 14.6. The first kappa shape index (κ1) is 18.6. The molecule has 0 bridgehead atoms. The van der Waals surface area contributed by atoms with Gasteiger partial charge in [0.1, 0.15) is 0 Å². The molecule has 2 heterocycles. The Bertz CT molecular complexity index is 928. The smallest absolute Gasteiger partial charge is 0.314 e. The van der Waals surface area contributed by atoms with Crippen molar-refractivity contribution in [2.45, 2.75) is 29.8 Å². The number of carbonyl (C=O) groups excluding carboxylic acids is 1. The Morgan fingerprint density at radius 1 is 1.11 bits per heavy atom. The van der Waals surface area contributed by atoms with Crippen molar-refractivity contribution in [2.24, 2.45) is 7.05 Å². The molecule has 1 aromatic heterocycles. The largest absolute Gasteiger partial charge is 0.322 e. The van der Waals surface area contributed by atoms with E-state index < -0.39 is 0 Å². The van der Waals surface area contributed by atoms with Crippen LogP contribution in [0.1, 0.15) is 30.3 Å². The number of hydrogen-bond acceptors (Lipinski definition) is 4. The molecule has 28 heavy (non-hydrogen) atoms. The Morgan fingerprint density at radius 2 is 1.82 bits per heavy atom. The summed E-state index contributed by atoms with van der Waals surface area (Å²) in [6.45, 7) is 0.725. The van der Waals surface area contributed by atoms with Crippen LogP contribution < -0.4 is 5.32 Å². The number of aromatic nitrogens is 3. The molecule has 1 saturated heterocycles. The van der Waals surface area contributed by atoms with E-state index in [4.69, 9.17) is 0 Å². The molecule has 0 radical (unpaired) electrons. The molecule has 2 amide bonds. The minimum atomic E-state index is -0.0878. The summed E-state index contributed by atoms with van der Waals surface area (Å²) in [5.74, 6) is 1.69. The number of nitrogens with zero attached hydrogens (tertiary/aromatic N) is 4. The van der Waals surface area contributed by atoms with Crippen molar-refractivity contribution in [3.05, 3.63) is 72.1 Å². The molecule has 1 fully saturated rings. The molecule has 0 spiro atoms. The van der Waals surface area contributed by atoms with Crippen LogP contribution in [-0.4, -0.2) is 32.2 Å². The molecule has 6 nitrogen and oxygen atoms in total. The molecule has 1 atom stereocenters. The lowest BCUT2D eigenvalue weighted by molar-refractivity contribution is 0.204. The third-order valence-electron chi connectivity index (χ3n) is 4.92. The number of thioether (sulfide) groups is 1. The van der Waals surface area contributed by atoms with Crippen molar-refractivity contribution >= 4 is 23.5 Å². The van der Waals surface area contributed by atoms with Crippen LogP contribution in [-0.2, 0) is 12.8 Å². The molecule has 0 unspecified atom stereocenters. The van der Waals surface area contributed by atoms with Gasteiger partial charge in [-0.05, 0) is 30.5 Å². The van der Waals surface area contributed by atoms with Gasteiger partial charge >= 0.3 is 6.03 Å². The van der Waals surface area contributed by atoms with Crippen LogP contribution in [0.3, 0.4) is 0 Å². The van der Waals surface area contributed by atoms with Crippen LogP contribution in [0.5, 0.6) is 0 Å². The van der Waals surface area contributed by atoms with E-state index in [9.17, 15) is 4.79 Å². The van der Waals surface area contributed by atoms with Crippen molar-refractivity contribution < 1.29 is 4.79 Å². The van der Waals surface area contributed by atoms with Gasteiger partial charge in [-0.3, -0.25) is 0 Å². The number of anilines is 1. The molecule has 1 N–H and O–H groups in total. The van der Waals surface area contributed by atoms with Gasteiger partial charge in [0.25, 0.3) is 0 Å². The average Bonchev–Trinajstić information content (AvgIpc) is 3.34. The number of amides is 2. The first-order valence-electron chi connectivity index (χ1n) is 9.41. The maximum atomic E-state index is 12.8. The molecule has 3 aromatic rings. The highest BCUT2D eigenvalue weighted by molar-refractivity contribution is 7.98. The summed E-state index contributed by atoms with van der Waals surface area (Å²) in [6.07, 6.45) is 1.86. The van der Waals surface area contributed by atoms with E-state index in [2.05, 4.69) is 27.6 Å². The Labute approximate surface area is 169 Å². The van der Waals surface area contributed by atoms with Gasteiger partial charge in [0.15, 0.2) is 11.0 Å². The van der Waals surface area contributed by atoms with Crippen LogP contribution in [0.2, 0.25) is 0 Å². The molecule has 0 aliphatic carbocycles. The second kappa shape index (κ2) is 8.48. The Morgan fingerprint density at radius 3 is 2.57 bits per heavy atom. The highest BCUT2D eigenvalue weighted by atomic mass is 32.2. The van der Waals surface area contributed by atoms with Crippen LogP contribution >= 0.6 is 11.8 Å². The topological polar surface area (TPSA) is 63.1 Å². The highest BCUT2D eigenvalue weighted by Gasteiger charge is 2.33. The van der Waals surface area contributed by atoms with Crippen LogP contribution in [0.4, 0.5) is 10.5 Å². The van der Waals surface area contributed by atoms with Gasteiger partial charge in [0, 0.05) is 25.0 Å². The Balaban J connectivity index is 1.45. The lowest BCUT2D eigenvalue weighted by atomic mass is 10.2. The van der Waals surface area contributed by atoms with Gasteiger partial charge in [0.2, 0.25) is 0 Å². The molecule has 144 valence electrons. The predicted molar refractivity (Wildman–Crippen MR) is 111 cm³/mol. The zero-order chi connectivity index (χ0) is 19.3. The molecular formula is C21H23N5OS. The number of likely N-dealkylation sites (tertiary alicyclic amines) is 1. The fourth-order valence-electron chi connectivity index (χ4n) is 3.46. The third-order valence-corrected chi connectivity index (χ3v) is 6.01. The Hall–Kier alpha value is -2.80. The van der Waals surface area contributed by atoms with E-state index >= 15 is 0 Å². The van der Waals surface area contributed by atoms with Crippen molar-refractivity contribution in [2.75, 3.05) is 11.9 Å². The summed E-state index contributed by atoms with van der Waals surface area (Å²) in [6, 6.07) is 19.7. The third kappa shape index (κ3) is 4.04. The normalized spacial score (nSPS) is 16.3.